The number of aryl methyl sites for hydroxylation is 1. The third-order valence-corrected chi connectivity index (χ3v) is 4.90. The number of nitrogens with zero attached hydrogens (tertiary/aromatic N) is 1. The number of rotatable bonds is 3. The number of hydrogen-bond donors (Lipinski definition) is 2. The van der Waals surface area contributed by atoms with Gasteiger partial charge < -0.3 is 15.4 Å². The van der Waals surface area contributed by atoms with Gasteiger partial charge >= 0.3 is 0 Å². The molecule has 0 aliphatic carbocycles. The van der Waals surface area contributed by atoms with E-state index in [4.69, 9.17) is 4.74 Å². The lowest BCUT2D eigenvalue weighted by Crippen LogP contribution is -2.51. The Morgan fingerprint density at radius 3 is 2.82 bits per heavy atom. The van der Waals surface area contributed by atoms with Gasteiger partial charge in [-0.1, -0.05) is 0 Å². The average molecular weight is 342 g/mol. The predicted octanol–water partition coefficient (Wildman–Crippen LogP) is 2.73. The zero-order valence-electron chi connectivity index (χ0n) is 12.6. The molecular weight excluding hydrogens is 322 g/mol. The molecule has 1 aromatic carbocycles. The summed E-state index contributed by atoms with van der Waals surface area (Å²) in [7, 11) is 1.61. The van der Waals surface area contributed by atoms with Gasteiger partial charge in [0.25, 0.3) is 5.91 Å². The summed E-state index contributed by atoms with van der Waals surface area (Å²) in [5.41, 5.74) is 1.05. The molecular formula is C15H20ClN3O2S. The first-order chi connectivity index (χ1) is 10.1. The lowest BCUT2D eigenvalue weighted by atomic mass is 9.91. The van der Waals surface area contributed by atoms with Crippen molar-refractivity contribution in [2.24, 2.45) is 0 Å². The molecule has 7 heteroatoms. The van der Waals surface area contributed by atoms with Gasteiger partial charge in [-0.2, -0.15) is 0 Å². The fourth-order valence-electron chi connectivity index (χ4n) is 2.72. The fraction of sp³-hybridized carbons (Fsp3) is 0.467. The summed E-state index contributed by atoms with van der Waals surface area (Å²) in [4.78, 5) is 17.0. The van der Waals surface area contributed by atoms with Crippen molar-refractivity contribution in [3.63, 3.8) is 0 Å². The largest absolute Gasteiger partial charge is 0.368 e. The first-order valence-electron chi connectivity index (χ1n) is 7.07. The molecule has 1 aromatic heterocycles. The van der Waals surface area contributed by atoms with Crippen LogP contribution in [0.15, 0.2) is 18.2 Å². The van der Waals surface area contributed by atoms with Crippen molar-refractivity contribution in [2.75, 3.05) is 25.5 Å². The highest BCUT2D eigenvalue weighted by Gasteiger charge is 2.39. The second-order valence-electron chi connectivity index (χ2n) is 5.32. The van der Waals surface area contributed by atoms with E-state index in [-0.39, 0.29) is 18.3 Å². The van der Waals surface area contributed by atoms with E-state index in [9.17, 15) is 4.79 Å². The molecule has 0 saturated carbocycles. The molecule has 1 amide bonds. The van der Waals surface area contributed by atoms with E-state index >= 15 is 0 Å². The molecule has 3 rings (SSSR count). The number of benzene rings is 1. The third kappa shape index (κ3) is 3.25. The molecule has 1 saturated heterocycles. The van der Waals surface area contributed by atoms with Crippen molar-refractivity contribution >= 4 is 45.6 Å². The molecule has 1 fully saturated rings. The Kier molecular flexibility index (Phi) is 5.39. The number of carbonyl (C=O) groups is 1. The van der Waals surface area contributed by atoms with E-state index < -0.39 is 5.60 Å². The van der Waals surface area contributed by atoms with Crippen molar-refractivity contribution in [1.29, 1.82) is 0 Å². The minimum absolute atomic E-state index is 0. The number of hydrogen-bond acceptors (Lipinski definition) is 5. The molecule has 0 spiro atoms. The number of halogens is 1. The number of methoxy groups -OCH3 is 1. The second-order valence-corrected chi connectivity index (χ2v) is 6.55. The van der Waals surface area contributed by atoms with Crippen LogP contribution >= 0.6 is 23.7 Å². The van der Waals surface area contributed by atoms with Gasteiger partial charge in [0.2, 0.25) is 0 Å². The number of thiazole rings is 1. The molecule has 2 aromatic rings. The summed E-state index contributed by atoms with van der Waals surface area (Å²) < 4.78 is 6.63. The van der Waals surface area contributed by atoms with Gasteiger partial charge in [0.05, 0.1) is 15.2 Å². The van der Waals surface area contributed by atoms with Crippen LogP contribution < -0.4 is 10.6 Å². The van der Waals surface area contributed by atoms with Crippen LogP contribution in [0.5, 0.6) is 0 Å². The highest BCUT2D eigenvalue weighted by atomic mass is 35.5. The molecule has 0 atom stereocenters. The Bertz CT molecular complexity index is 668. The lowest BCUT2D eigenvalue weighted by Gasteiger charge is -2.34. The van der Waals surface area contributed by atoms with Crippen LogP contribution in [0.2, 0.25) is 0 Å². The van der Waals surface area contributed by atoms with Crippen molar-refractivity contribution in [2.45, 2.75) is 25.4 Å². The zero-order valence-corrected chi connectivity index (χ0v) is 14.3. The number of fused-ring (bicyclic) bond motifs is 1. The highest BCUT2D eigenvalue weighted by Crippen LogP contribution is 2.27. The SMILES string of the molecule is COC1(C(=O)Nc2ccc3nc(C)sc3c2)CCNCC1.Cl. The molecule has 2 N–H and O–H groups in total. The normalized spacial score (nSPS) is 17.0. The van der Waals surface area contributed by atoms with Gasteiger partial charge in [-0.05, 0) is 51.1 Å². The Balaban J connectivity index is 0.00000176. The van der Waals surface area contributed by atoms with Crippen LogP contribution in [-0.2, 0) is 9.53 Å². The molecule has 1 aliphatic heterocycles. The summed E-state index contributed by atoms with van der Waals surface area (Å²) in [6, 6.07) is 5.81. The van der Waals surface area contributed by atoms with Crippen LogP contribution in [-0.4, -0.2) is 36.7 Å². The Morgan fingerprint density at radius 2 is 2.14 bits per heavy atom. The highest BCUT2D eigenvalue weighted by molar-refractivity contribution is 7.18. The molecule has 0 radical (unpaired) electrons. The number of piperidine rings is 1. The Morgan fingerprint density at radius 1 is 1.41 bits per heavy atom. The van der Waals surface area contributed by atoms with Crippen LogP contribution in [0.4, 0.5) is 5.69 Å². The van der Waals surface area contributed by atoms with Gasteiger partial charge in [0.1, 0.15) is 5.60 Å². The number of amides is 1. The van der Waals surface area contributed by atoms with Gasteiger partial charge in [-0.25, -0.2) is 4.98 Å². The summed E-state index contributed by atoms with van der Waals surface area (Å²) in [5.74, 6) is -0.0629. The van der Waals surface area contributed by atoms with Gasteiger partial charge in [0, 0.05) is 12.8 Å². The van der Waals surface area contributed by atoms with Crippen molar-refractivity contribution in [1.82, 2.24) is 10.3 Å². The van der Waals surface area contributed by atoms with Crippen molar-refractivity contribution in [3.8, 4) is 0 Å². The van der Waals surface area contributed by atoms with Crippen molar-refractivity contribution < 1.29 is 9.53 Å². The first kappa shape index (κ1) is 17.1. The monoisotopic (exact) mass is 341 g/mol. The molecule has 2 heterocycles. The quantitative estimate of drug-likeness (QED) is 0.901. The first-order valence-corrected chi connectivity index (χ1v) is 7.89. The number of nitrogens with one attached hydrogen (secondary N) is 2. The van der Waals surface area contributed by atoms with E-state index in [0.29, 0.717) is 12.8 Å². The van der Waals surface area contributed by atoms with Gasteiger partial charge in [-0.3, -0.25) is 4.79 Å². The minimum atomic E-state index is -0.718. The second kappa shape index (κ2) is 6.91. The van der Waals surface area contributed by atoms with E-state index in [0.717, 1.165) is 34.0 Å². The Labute approximate surface area is 139 Å². The topological polar surface area (TPSA) is 63.2 Å². The van der Waals surface area contributed by atoms with Crippen molar-refractivity contribution in [3.05, 3.63) is 23.2 Å². The number of anilines is 1. The molecule has 120 valence electrons. The number of carbonyl (C=O) groups excluding carboxylic acids is 1. The summed E-state index contributed by atoms with van der Waals surface area (Å²) in [5, 5.41) is 7.27. The maximum Gasteiger partial charge on any atom is 0.256 e. The molecule has 0 bridgehead atoms. The Hall–Kier alpha value is -1.21. The van der Waals surface area contributed by atoms with Gasteiger partial charge in [0.15, 0.2) is 0 Å². The summed E-state index contributed by atoms with van der Waals surface area (Å²) >= 11 is 1.63. The number of aromatic nitrogens is 1. The molecule has 5 nitrogen and oxygen atoms in total. The molecule has 1 aliphatic rings. The number of ether oxygens (including phenoxy) is 1. The third-order valence-electron chi connectivity index (χ3n) is 3.97. The van der Waals surface area contributed by atoms with Gasteiger partial charge in [-0.15, -0.1) is 23.7 Å². The summed E-state index contributed by atoms with van der Waals surface area (Å²) in [6.45, 7) is 3.58. The van der Waals surface area contributed by atoms with E-state index in [1.807, 2.05) is 25.1 Å². The van der Waals surface area contributed by atoms with Crippen LogP contribution in [0, 0.1) is 6.92 Å². The predicted molar refractivity (Wildman–Crippen MR) is 92.1 cm³/mol. The average Bonchev–Trinajstić information content (AvgIpc) is 2.87. The zero-order chi connectivity index (χ0) is 14.9. The smallest absolute Gasteiger partial charge is 0.256 e. The van der Waals surface area contributed by atoms with Crippen LogP contribution in [0.3, 0.4) is 0 Å². The standard InChI is InChI=1S/C15H19N3O2S.ClH/c1-10-17-12-4-3-11(9-13(12)21-10)18-14(19)15(20-2)5-7-16-8-6-15;/h3-4,9,16H,5-8H2,1-2H3,(H,18,19);1H. The minimum Gasteiger partial charge on any atom is -0.368 e. The van der Waals surface area contributed by atoms with Crippen LogP contribution in [0.25, 0.3) is 10.2 Å². The molecule has 22 heavy (non-hydrogen) atoms. The molecule has 0 unspecified atom stereocenters. The maximum atomic E-state index is 12.6. The van der Waals surface area contributed by atoms with E-state index in [1.165, 1.54) is 0 Å². The maximum absolute atomic E-state index is 12.6. The van der Waals surface area contributed by atoms with E-state index in [2.05, 4.69) is 15.6 Å². The summed E-state index contributed by atoms with van der Waals surface area (Å²) in [6.07, 6.45) is 1.38. The van der Waals surface area contributed by atoms with Crippen LogP contribution in [0.1, 0.15) is 17.8 Å². The fourth-order valence-corrected chi connectivity index (χ4v) is 3.58. The van der Waals surface area contributed by atoms with E-state index in [1.54, 1.807) is 18.4 Å². The lowest BCUT2D eigenvalue weighted by molar-refractivity contribution is -0.140.